The zero-order chi connectivity index (χ0) is 17.8. The van der Waals surface area contributed by atoms with Crippen molar-refractivity contribution in [1.82, 2.24) is 19.2 Å². The third kappa shape index (κ3) is 3.67. The molecule has 134 valence electrons. The maximum atomic E-state index is 13.2. The van der Waals surface area contributed by atoms with Gasteiger partial charge < -0.3 is 9.47 Å². The summed E-state index contributed by atoms with van der Waals surface area (Å²) in [5.74, 6) is -0.0852. The number of aryl methyl sites for hydroxylation is 2. The number of nitrogens with zero attached hydrogens (tertiary/aromatic N) is 4. The monoisotopic (exact) mass is 342 g/mol. The summed E-state index contributed by atoms with van der Waals surface area (Å²) in [6.07, 6.45) is 7.03. The molecule has 0 unspecified atom stereocenters. The van der Waals surface area contributed by atoms with Gasteiger partial charge in [0, 0.05) is 38.1 Å². The van der Waals surface area contributed by atoms with Crippen LogP contribution in [0.4, 0.5) is 0 Å². The van der Waals surface area contributed by atoms with Gasteiger partial charge in [-0.25, -0.2) is 4.68 Å². The Balaban J connectivity index is 1.94. The predicted molar refractivity (Wildman–Crippen MR) is 96.4 cm³/mol. The standard InChI is InChI=1S/C19H26N4O2/c1-3-12-23-18(24)11-10-15(20-23)19(25)22-14-6-4-5-8-17(22)16-9-7-13-21(16)2/h7,9-11,13,17H,3-6,8,12,14H2,1-2H3/t17-/m1/s1. The predicted octanol–water partition coefficient (Wildman–Crippen LogP) is 2.75. The van der Waals surface area contributed by atoms with Crippen LogP contribution in [-0.4, -0.2) is 31.7 Å². The molecule has 1 fully saturated rings. The van der Waals surface area contributed by atoms with Crippen molar-refractivity contribution in [2.75, 3.05) is 6.54 Å². The van der Waals surface area contributed by atoms with Crippen molar-refractivity contribution in [2.24, 2.45) is 7.05 Å². The van der Waals surface area contributed by atoms with E-state index in [1.165, 1.54) is 10.7 Å². The smallest absolute Gasteiger partial charge is 0.274 e. The lowest BCUT2D eigenvalue weighted by atomic mass is 10.1. The zero-order valence-corrected chi connectivity index (χ0v) is 15.0. The molecule has 25 heavy (non-hydrogen) atoms. The molecule has 0 aromatic carbocycles. The van der Waals surface area contributed by atoms with E-state index in [0.29, 0.717) is 12.2 Å². The molecule has 0 saturated carbocycles. The van der Waals surface area contributed by atoms with Gasteiger partial charge in [0.2, 0.25) is 0 Å². The van der Waals surface area contributed by atoms with Gasteiger partial charge in [-0.15, -0.1) is 0 Å². The molecule has 0 bridgehead atoms. The first-order valence-corrected chi connectivity index (χ1v) is 9.12. The lowest BCUT2D eigenvalue weighted by Crippen LogP contribution is -2.37. The molecule has 6 heteroatoms. The maximum Gasteiger partial charge on any atom is 0.274 e. The number of carbonyl (C=O) groups excluding carboxylic acids is 1. The number of carbonyl (C=O) groups is 1. The van der Waals surface area contributed by atoms with Crippen LogP contribution in [0.1, 0.15) is 61.3 Å². The van der Waals surface area contributed by atoms with Gasteiger partial charge in [-0.2, -0.15) is 5.10 Å². The van der Waals surface area contributed by atoms with Crippen molar-refractivity contribution in [2.45, 2.75) is 51.6 Å². The summed E-state index contributed by atoms with van der Waals surface area (Å²) in [6, 6.07) is 7.17. The zero-order valence-electron chi connectivity index (χ0n) is 15.0. The molecule has 1 atom stereocenters. The van der Waals surface area contributed by atoms with Gasteiger partial charge in [0.25, 0.3) is 11.5 Å². The fourth-order valence-electron chi connectivity index (χ4n) is 3.56. The normalized spacial score (nSPS) is 18.2. The van der Waals surface area contributed by atoms with Gasteiger partial charge in [-0.1, -0.05) is 19.8 Å². The van der Waals surface area contributed by atoms with Crippen LogP contribution in [0, 0.1) is 0 Å². The maximum absolute atomic E-state index is 13.2. The van der Waals surface area contributed by atoms with E-state index >= 15 is 0 Å². The minimum absolute atomic E-state index is 0.0587. The van der Waals surface area contributed by atoms with E-state index in [9.17, 15) is 9.59 Å². The van der Waals surface area contributed by atoms with Crippen LogP contribution in [0.5, 0.6) is 0 Å². The molecule has 1 saturated heterocycles. The number of hydrogen-bond acceptors (Lipinski definition) is 3. The van der Waals surface area contributed by atoms with Crippen LogP contribution in [-0.2, 0) is 13.6 Å². The Hall–Kier alpha value is -2.37. The second-order valence-corrected chi connectivity index (χ2v) is 6.69. The Labute approximate surface area is 148 Å². The van der Waals surface area contributed by atoms with Crippen LogP contribution in [0.3, 0.4) is 0 Å². The Morgan fingerprint density at radius 1 is 1.24 bits per heavy atom. The Bertz CT molecular complexity index is 793. The summed E-state index contributed by atoms with van der Waals surface area (Å²) in [7, 11) is 2.02. The van der Waals surface area contributed by atoms with Gasteiger partial charge in [-0.3, -0.25) is 9.59 Å². The lowest BCUT2D eigenvalue weighted by molar-refractivity contribution is 0.0665. The summed E-state index contributed by atoms with van der Waals surface area (Å²) in [5, 5.41) is 4.31. The van der Waals surface area contributed by atoms with E-state index < -0.39 is 0 Å². The minimum Gasteiger partial charge on any atom is -0.353 e. The highest BCUT2D eigenvalue weighted by Gasteiger charge is 2.29. The first-order chi connectivity index (χ1) is 12.1. The molecule has 2 aromatic rings. The molecule has 0 aliphatic carbocycles. The van der Waals surface area contributed by atoms with Crippen molar-refractivity contribution < 1.29 is 4.79 Å². The first-order valence-electron chi connectivity index (χ1n) is 9.12. The van der Waals surface area contributed by atoms with E-state index in [1.807, 2.05) is 31.1 Å². The highest BCUT2D eigenvalue weighted by molar-refractivity contribution is 5.92. The third-order valence-corrected chi connectivity index (χ3v) is 4.86. The summed E-state index contributed by atoms with van der Waals surface area (Å²) in [5.41, 5.74) is 1.35. The summed E-state index contributed by atoms with van der Waals surface area (Å²) in [4.78, 5) is 27.0. The average Bonchev–Trinajstić information content (AvgIpc) is 2.89. The van der Waals surface area contributed by atoms with E-state index in [2.05, 4.69) is 15.7 Å². The Morgan fingerprint density at radius 3 is 2.80 bits per heavy atom. The number of amides is 1. The molecule has 0 N–H and O–H groups in total. The lowest BCUT2D eigenvalue weighted by Gasteiger charge is -2.30. The Morgan fingerprint density at radius 2 is 2.08 bits per heavy atom. The number of rotatable bonds is 4. The van der Waals surface area contributed by atoms with E-state index in [0.717, 1.165) is 44.3 Å². The number of likely N-dealkylation sites (tertiary alicyclic amines) is 1. The average molecular weight is 342 g/mol. The number of hydrogen-bond donors (Lipinski definition) is 0. The molecule has 3 heterocycles. The fraction of sp³-hybridized carbons (Fsp3) is 0.526. The van der Waals surface area contributed by atoms with Crippen molar-refractivity contribution in [1.29, 1.82) is 0 Å². The molecule has 0 radical (unpaired) electrons. The van der Waals surface area contributed by atoms with Crippen molar-refractivity contribution in [3.8, 4) is 0 Å². The molecular formula is C19H26N4O2. The molecule has 6 nitrogen and oxygen atoms in total. The molecule has 1 aliphatic heterocycles. The van der Waals surface area contributed by atoms with Gasteiger partial charge in [0.1, 0.15) is 5.69 Å². The third-order valence-electron chi connectivity index (χ3n) is 4.86. The SMILES string of the molecule is CCCn1nc(C(=O)N2CCCCC[C@@H]2c2cccn2C)ccc1=O. The summed E-state index contributed by atoms with van der Waals surface area (Å²) < 4.78 is 3.48. The summed E-state index contributed by atoms with van der Waals surface area (Å²) >= 11 is 0. The van der Waals surface area contributed by atoms with Crippen molar-refractivity contribution in [3.05, 3.63) is 52.2 Å². The fourth-order valence-corrected chi connectivity index (χ4v) is 3.56. The molecule has 1 amide bonds. The van der Waals surface area contributed by atoms with E-state index in [4.69, 9.17) is 0 Å². The second-order valence-electron chi connectivity index (χ2n) is 6.69. The quantitative estimate of drug-likeness (QED) is 0.858. The van der Waals surface area contributed by atoms with Crippen LogP contribution < -0.4 is 5.56 Å². The minimum atomic E-state index is -0.159. The van der Waals surface area contributed by atoms with Crippen molar-refractivity contribution >= 4 is 5.91 Å². The largest absolute Gasteiger partial charge is 0.353 e. The van der Waals surface area contributed by atoms with Crippen LogP contribution in [0.2, 0.25) is 0 Å². The molecule has 2 aromatic heterocycles. The summed E-state index contributed by atoms with van der Waals surface area (Å²) in [6.45, 7) is 3.24. The van der Waals surface area contributed by atoms with Gasteiger partial charge >= 0.3 is 0 Å². The molecule has 3 rings (SSSR count). The van der Waals surface area contributed by atoms with Crippen LogP contribution in [0.25, 0.3) is 0 Å². The van der Waals surface area contributed by atoms with Crippen molar-refractivity contribution in [3.63, 3.8) is 0 Å². The molecule has 0 spiro atoms. The highest BCUT2D eigenvalue weighted by Crippen LogP contribution is 2.31. The van der Waals surface area contributed by atoms with Gasteiger partial charge in [0.15, 0.2) is 0 Å². The molecular weight excluding hydrogens is 316 g/mol. The van der Waals surface area contributed by atoms with Gasteiger partial charge in [-0.05, 0) is 37.5 Å². The van der Waals surface area contributed by atoms with E-state index in [-0.39, 0.29) is 17.5 Å². The van der Waals surface area contributed by atoms with Crippen LogP contribution >= 0.6 is 0 Å². The first kappa shape index (κ1) is 17.5. The Kier molecular flexibility index (Phi) is 5.36. The topological polar surface area (TPSA) is 60.1 Å². The van der Waals surface area contributed by atoms with Gasteiger partial charge in [0.05, 0.1) is 6.04 Å². The van der Waals surface area contributed by atoms with Crippen LogP contribution in [0.15, 0.2) is 35.3 Å². The second kappa shape index (κ2) is 7.68. The molecule has 1 aliphatic rings. The highest BCUT2D eigenvalue weighted by atomic mass is 16.2. The van der Waals surface area contributed by atoms with E-state index in [1.54, 1.807) is 6.07 Å². The number of aromatic nitrogens is 3.